The Labute approximate surface area is 273 Å². The Morgan fingerprint density at radius 1 is 0.927 bits per heavy atom. The number of aromatic amines is 1. The summed E-state index contributed by atoms with van der Waals surface area (Å²) >= 11 is 0. The molecule has 41 heavy (non-hydrogen) atoms. The van der Waals surface area contributed by atoms with Gasteiger partial charge in [-0.05, 0) is 78.4 Å². The van der Waals surface area contributed by atoms with Crippen LogP contribution in [-0.4, -0.2) is 62.8 Å². The second-order valence-electron chi connectivity index (χ2n) is 8.46. The largest absolute Gasteiger partial charge is 0.662 e. The van der Waals surface area contributed by atoms with Crippen LogP contribution in [0.5, 0.6) is 5.75 Å². The van der Waals surface area contributed by atoms with Crippen molar-refractivity contribution in [3.63, 3.8) is 0 Å². The molecule has 4 aromatic heterocycles. The van der Waals surface area contributed by atoms with E-state index in [1.165, 1.54) is 0 Å². The maximum absolute atomic E-state index is 8.49. The molecule has 1 aromatic carbocycles. The molecule has 0 fully saturated rings. The summed E-state index contributed by atoms with van der Waals surface area (Å²) < 4.78 is 5.66. The molecule has 8 nitrogen and oxygen atoms in total. The molecular weight excluding hydrogens is 629 g/mol. The minimum absolute atomic E-state index is 0. The standard InChI is InChI=1S/C23H22N5O.C7H9NOS2.Y/c1-16-4-3-5-21(27-16)20-15-26-28-23(20)18-10-11-25-22(14-18)17-6-8-19(9-7-17)29-13-12-24-2;9-5-6-10-11-7-3-1-2-4-8-7;/h3-11,14-15H,12-13H2,1-2H3,(H,26,28);1-4,9H,5-6H2;/q-1;;. The van der Waals surface area contributed by atoms with E-state index in [9.17, 15) is 0 Å². The molecule has 0 saturated carbocycles. The summed E-state index contributed by atoms with van der Waals surface area (Å²) in [5.74, 6) is 1.58. The number of aliphatic hydroxyl groups is 1. The van der Waals surface area contributed by atoms with Gasteiger partial charge < -0.3 is 15.2 Å². The van der Waals surface area contributed by atoms with Crippen LogP contribution in [0, 0.1) is 6.92 Å². The SMILES string of the molecule is C[N-]CCOc1ccc(-c2cc(-c3[nH]ncc3-c3cccc(C)n3)ccn2)cc1.OCCSSc1ccccn1.[Y]. The molecule has 0 saturated heterocycles. The molecule has 0 amide bonds. The number of nitrogens with zero attached hydrogens (tertiary/aromatic N) is 5. The number of rotatable bonds is 11. The maximum Gasteiger partial charge on any atom is 0.119 e. The third-order valence-electron chi connectivity index (χ3n) is 5.54. The zero-order valence-corrected chi connectivity index (χ0v) is 27.4. The Bertz CT molecular complexity index is 1460. The van der Waals surface area contributed by atoms with Gasteiger partial charge in [0.2, 0.25) is 0 Å². The van der Waals surface area contributed by atoms with Crippen molar-refractivity contribution in [3.05, 3.63) is 102 Å². The predicted octanol–water partition coefficient (Wildman–Crippen LogP) is 6.70. The molecule has 209 valence electrons. The van der Waals surface area contributed by atoms with Crippen LogP contribution in [0.2, 0.25) is 0 Å². The van der Waals surface area contributed by atoms with Gasteiger partial charge in [0, 0.05) is 73.2 Å². The second-order valence-corrected chi connectivity index (χ2v) is 10.9. The fourth-order valence-electron chi connectivity index (χ4n) is 3.65. The molecule has 1 radical (unpaired) electrons. The van der Waals surface area contributed by atoms with Gasteiger partial charge in [0.15, 0.2) is 0 Å². The summed E-state index contributed by atoms with van der Waals surface area (Å²) in [4.78, 5) is 13.3. The quantitative estimate of drug-likeness (QED) is 0.119. The summed E-state index contributed by atoms with van der Waals surface area (Å²) in [5.41, 5.74) is 6.68. The number of H-pyrrole nitrogens is 1. The first-order chi connectivity index (χ1) is 19.7. The smallest absolute Gasteiger partial charge is 0.119 e. The molecule has 0 aliphatic carbocycles. The molecule has 0 bridgehead atoms. The van der Waals surface area contributed by atoms with Crippen LogP contribution in [0.25, 0.3) is 39.1 Å². The van der Waals surface area contributed by atoms with Gasteiger partial charge >= 0.3 is 0 Å². The van der Waals surface area contributed by atoms with E-state index in [0.29, 0.717) is 13.2 Å². The summed E-state index contributed by atoms with van der Waals surface area (Å²) in [7, 11) is 4.98. The van der Waals surface area contributed by atoms with Crippen molar-refractivity contribution >= 4 is 21.6 Å². The average molecular weight is 661 g/mol. The Hall–Kier alpha value is -2.60. The number of hydrogen-bond donors (Lipinski definition) is 2. The van der Waals surface area contributed by atoms with E-state index >= 15 is 0 Å². The van der Waals surface area contributed by atoms with Gasteiger partial charge in [-0.2, -0.15) is 12.1 Å². The van der Waals surface area contributed by atoms with Gasteiger partial charge in [-0.25, -0.2) is 4.98 Å². The molecule has 0 aliphatic rings. The van der Waals surface area contributed by atoms with Crippen LogP contribution in [0.4, 0.5) is 0 Å². The number of aliphatic hydroxyl groups excluding tert-OH is 1. The van der Waals surface area contributed by atoms with E-state index in [1.807, 2.05) is 86.0 Å². The summed E-state index contributed by atoms with van der Waals surface area (Å²) in [6.45, 7) is 3.48. The van der Waals surface area contributed by atoms with Crippen LogP contribution >= 0.6 is 21.6 Å². The number of benzene rings is 1. The number of ether oxygens (including phenoxy) is 1. The molecule has 5 rings (SSSR count). The number of aromatic nitrogens is 5. The Morgan fingerprint density at radius 3 is 2.51 bits per heavy atom. The first kappa shape index (κ1) is 32.9. The monoisotopic (exact) mass is 660 g/mol. The molecule has 0 atom stereocenters. The number of pyridine rings is 3. The van der Waals surface area contributed by atoms with Gasteiger partial charge in [-0.3, -0.25) is 15.1 Å². The van der Waals surface area contributed by atoms with Crippen molar-refractivity contribution in [2.75, 3.05) is 32.6 Å². The molecule has 2 N–H and O–H groups in total. The number of nitrogens with one attached hydrogen (secondary N) is 1. The van der Waals surface area contributed by atoms with E-state index < -0.39 is 0 Å². The summed E-state index contributed by atoms with van der Waals surface area (Å²) in [6, 6.07) is 23.7. The number of aryl methyl sites for hydroxylation is 1. The molecular formula is C30H31N6O2S2Y-. The molecule has 0 aliphatic heterocycles. The molecule has 4 heterocycles. The fourth-order valence-corrected chi connectivity index (χ4v) is 5.30. The fraction of sp³-hybridized carbons (Fsp3) is 0.200. The van der Waals surface area contributed by atoms with Crippen molar-refractivity contribution in [3.8, 4) is 39.5 Å². The Balaban J connectivity index is 0.000000326. The van der Waals surface area contributed by atoms with Crippen molar-refractivity contribution in [2.24, 2.45) is 0 Å². The van der Waals surface area contributed by atoms with Crippen LogP contribution in [0.3, 0.4) is 0 Å². The van der Waals surface area contributed by atoms with Crippen LogP contribution in [0.1, 0.15) is 5.69 Å². The van der Waals surface area contributed by atoms with Crippen LogP contribution in [0.15, 0.2) is 96.4 Å². The van der Waals surface area contributed by atoms with Gasteiger partial charge in [-0.1, -0.05) is 22.9 Å². The van der Waals surface area contributed by atoms with E-state index in [2.05, 4.69) is 36.5 Å². The predicted molar refractivity (Wildman–Crippen MR) is 165 cm³/mol. The van der Waals surface area contributed by atoms with E-state index in [0.717, 1.165) is 56.0 Å². The van der Waals surface area contributed by atoms with E-state index in [-0.39, 0.29) is 39.3 Å². The topological polar surface area (TPSA) is 111 Å². The number of hydrogen-bond acceptors (Lipinski definition) is 8. The minimum atomic E-state index is 0. The van der Waals surface area contributed by atoms with Crippen molar-refractivity contribution in [2.45, 2.75) is 11.9 Å². The Morgan fingerprint density at radius 2 is 1.78 bits per heavy atom. The second kappa shape index (κ2) is 18.1. The molecule has 0 unspecified atom stereocenters. The zero-order chi connectivity index (χ0) is 28.0. The van der Waals surface area contributed by atoms with Gasteiger partial charge in [0.05, 0.1) is 36.5 Å². The van der Waals surface area contributed by atoms with Crippen LogP contribution in [-0.2, 0) is 32.7 Å². The minimum Gasteiger partial charge on any atom is -0.662 e. The molecule has 5 aromatic rings. The third kappa shape index (κ3) is 10.3. The van der Waals surface area contributed by atoms with Crippen molar-refractivity contribution in [1.29, 1.82) is 0 Å². The van der Waals surface area contributed by atoms with Crippen molar-refractivity contribution in [1.82, 2.24) is 25.1 Å². The van der Waals surface area contributed by atoms with E-state index in [1.54, 1.807) is 34.8 Å². The van der Waals surface area contributed by atoms with E-state index in [4.69, 9.17) is 9.84 Å². The Kier molecular flexibility index (Phi) is 14.5. The maximum atomic E-state index is 8.49. The van der Waals surface area contributed by atoms with Gasteiger partial charge in [0.25, 0.3) is 0 Å². The van der Waals surface area contributed by atoms with Crippen LogP contribution < -0.4 is 4.74 Å². The number of likely N-dealkylation sites (N-methyl/N-ethyl adjacent to an activating group) is 1. The first-order valence-electron chi connectivity index (χ1n) is 12.7. The average Bonchev–Trinajstić information content (AvgIpc) is 3.49. The van der Waals surface area contributed by atoms with Crippen molar-refractivity contribution < 1.29 is 42.6 Å². The molecule has 11 heteroatoms. The summed E-state index contributed by atoms with van der Waals surface area (Å²) in [6.07, 6.45) is 5.39. The normalized spacial score (nSPS) is 10.3. The van der Waals surface area contributed by atoms with Gasteiger partial charge in [0.1, 0.15) is 10.8 Å². The first-order valence-corrected chi connectivity index (χ1v) is 15.0. The third-order valence-corrected chi connectivity index (χ3v) is 7.79. The zero-order valence-electron chi connectivity index (χ0n) is 23.0. The summed E-state index contributed by atoms with van der Waals surface area (Å²) in [5, 5.41) is 20.9. The van der Waals surface area contributed by atoms with Gasteiger partial charge in [-0.15, -0.1) is 6.54 Å². The molecule has 0 spiro atoms.